The lowest BCUT2D eigenvalue weighted by molar-refractivity contribution is 0.0695. The SMILES string of the molecule is COCC(O)CN(C)c1snc(N)c1C(N)=O. The number of hydrogen-bond donors (Lipinski definition) is 3. The molecule has 8 heteroatoms. The maximum atomic E-state index is 11.2. The quantitative estimate of drug-likeness (QED) is 0.621. The van der Waals surface area contributed by atoms with Gasteiger partial charge in [0.1, 0.15) is 10.6 Å². The Hall–Kier alpha value is -1.38. The molecule has 1 aromatic heterocycles. The van der Waals surface area contributed by atoms with Crippen molar-refractivity contribution in [3.05, 3.63) is 5.56 Å². The second kappa shape index (κ2) is 5.80. The fourth-order valence-corrected chi connectivity index (χ4v) is 2.22. The number of anilines is 2. The predicted octanol–water partition coefficient (Wildman–Crippen LogP) is -0.732. The molecule has 0 saturated heterocycles. The lowest BCUT2D eigenvalue weighted by atomic mass is 10.2. The molecule has 1 amide bonds. The Morgan fingerprint density at radius 1 is 1.71 bits per heavy atom. The van der Waals surface area contributed by atoms with Crippen LogP contribution in [0.5, 0.6) is 0 Å². The zero-order valence-electron chi connectivity index (χ0n) is 9.71. The summed E-state index contributed by atoms with van der Waals surface area (Å²) in [5.41, 5.74) is 11.0. The molecule has 0 radical (unpaired) electrons. The lowest BCUT2D eigenvalue weighted by Gasteiger charge is -2.21. The second-order valence-corrected chi connectivity index (χ2v) is 4.35. The molecule has 0 aliphatic carbocycles. The van der Waals surface area contributed by atoms with Crippen molar-refractivity contribution >= 4 is 28.3 Å². The third-order valence-electron chi connectivity index (χ3n) is 2.14. The summed E-state index contributed by atoms with van der Waals surface area (Å²) < 4.78 is 8.69. The maximum Gasteiger partial charge on any atom is 0.255 e. The van der Waals surface area contributed by atoms with E-state index in [0.29, 0.717) is 11.5 Å². The zero-order chi connectivity index (χ0) is 13.0. The molecule has 1 heterocycles. The average Bonchev–Trinajstić information content (AvgIpc) is 2.60. The van der Waals surface area contributed by atoms with Gasteiger partial charge in [0.05, 0.1) is 12.7 Å². The van der Waals surface area contributed by atoms with Gasteiger partial charge in [-0.15, -0.1) is 0 Å². The predicted molar refractivity (Wildman–Crippen MR) is 66.2 cm³/mol. The maximum absolute atomic E-state index is 11.2. The molecule has 17 heavy (non-hydrogen) atoms. The van der Waals surface area contributed by atoms with Gasteiger partial charge in [0.25, 0.3) is 5.91 Å². The molecule has 0 saturated carbocycles. The fraction of sp³-hybridized carbons (Fsp3) is 0.556. The van der Waals surface area contributed by atoms with Crippen LogP contribution in [0.2, 0.25) is 0 Å². The van der Waals surface area contributed by atoms with E-state index in [1.54, 1.807) is 11.9 Å². The number of aliphatic hydroxyl groups excluding tert-OH is 1. The fourth-order valence-electron chi connectivity index (χ4n) is 1.43. The van der Waals surface area contributed by atoms with E-state index in [9.17, 15) is 9.90 Å². The van der Waals surface area contributed by atoms with E-state index in [1.807, 2.05) is 0 Å². The van der Waals surface area contributed by atoms with Crippen molar-refractivity contribution < 1.29 is 14.6 Å². The summed E-state index contributed by atoms with van der Waals surface area (Å²) in [6.07, 6.45) is -0.658. The topological polar surface area (TPSA) is 115 Å². The normalized spacial score (nSPS) is 12.4. The van der Waals surface area contributed by atoms with Crippen molar-refractivity contribution in [2.45, 2.75) is 6.10 Å². The van der Waals surface area contributed by atoms with E-state index in [4.69, 9.17) is 16.2 Å². The first-order valence-corrected chi connectivity index (χ1v) is 5.67. The number of carbonyl (C=O) groups excluding carboxylic acids is 1. The first kappa shape index (κ1) is 13.7. The summed E-state index contributed by atoms with van der Waals surface area (Å²) in [7, 11) is 3.22. The minimum atomic E-state index is -0.658. The molecular formula is C9H16N4O3S. The standard InChI is InChI=1S/C9H16N4O3S/c1-13(3-5(14)4-16-2)9-6(8(11)15)7(10)12-17-9/h5,14H,3-4H2,1-2H3,(H2,10,12)(H2,11,15). The molecule has 1 aromatic rings. The number of aromatic nitrogens is 1. The zero-order valence-corrected chi connectivity index (χ0v) is 10.5. The van der Waals surface area contributed by atoms with Gasteiger partial charge in [-0.25, -0.2) is 0 Å². The molecule has 0 aromatic carbocycles. The van der Waals surface area contributed by atoms with Gasteiger partial charge in [-0.1, -0.05) is 0 Å². The minimum Gasteiger partial charge on any atom is -0.389 e. The van der Waals surface area contributed by atoms with E-state index in [-0.39, 0.29) is 18.0 Å². The molecule has 0 aliphatic heterocycles. The highest BCUT2D eigenvalue weighted by atomic mass is 32.1. The summed E-state index contributed by atoms with van der Waals surface area (Å²) in [6, 6.07) is 0. The van der Waals surface area contributed by atoms with Crippen LogP contribution in [0.3, 0.4) is 0 Å². The number of ether oxygens (including phenoxy) is 1. The van der Waals surface area contributed by atoms with E-state index < -0.39 is 12.0 Å². The van der Waals surface area contributed by atoms with Crippen LogP contribution in [0.25, 0.3) is 0 Å². The summed E-state index contributed by atoms with van der Waals surface area (Å²) in [5.74, 6) is -0.509. The average molecular weight is 260 g/mol. The highest BCUT2D eigenvalue weighted by molar-refractivity contribution is 7.11. The summed E-state index contributed by atoms with van der Waals surface area (Å²) in [5, 5.41) is 10.1. The summed E-state index contributed by atoms with van der Waals surface area (Å²) in [6.45, 7) is 0.514. The van der Waals surface area contributed by atoms with Gasteiger partial charge >= 0.3 is 0 Å². The van der Waals surface area contributed by atoms with Crippen molar-refractivity contribution in [1.29, 1.82) is 0 Å². The van der Waals surface area contributed by atoms with Crippen molar-refractivity contribution in [1.82, 2.24) is 4.37 Å². The molecule has 1 rings (SSSR count). The third kappa shape index (κ3) is 3.29. The number of amides is 1. The van der Waals surface area contributed by atoms with Crippen LogP contribution < -0.4 is 16.4 Å². The number of nitrogens with zero attached hydrogens (tertiary/aromatic N) is 2. The molecule has 96 valence electrons. The molecule has 0 spiro atoms. The highest BCUT2D eigenvalue weighted by Crippen LogP contribution is 2.29. The number of rotatable bonds is 6. The Morgan fingerprint density at radius 3 is 2.88 bits per heavy atom. The van der Waals surface area contributed by atoms with Crippen molar-refractivity contribution in [2.75, 3.05) is 37.9 Å². The largest absolute Gasteiger partial charge is 0.389 e. The first-order valence-electron chi connectivity index (χ1n) is 4.90. The summed E-state index contributed by atoms with van der Waals surface area (Å²) in [4.78, 5) is 12.9. The Kier molecular flexibility index (Phi) is 4.67. The van der Waals surface area contributed by atoms with E-state index in [1.165, 1.54) is 7.11 Å². The lowest BCUT2D eigenvalue weighted by Crippen LogP contribution is -2.32. The summed E-state index contributed by atoms with van der Waals surface area (Å²) >= 11 is 1.07. The van der Waals surface area contributed by atoms with Gasteiger partial charge in [-0.2, -0.15) is 4.37 Å². The van der Waals surface area contributed by atoms with Gasteiger partial charge in [-0.3, -0.25) is 4.79 Å². The van der Waals surface area contributed by atoms with Gasteiger partial charge in [-0.05, 0) is 11.5 Å². The molecular weight excluding hydrogens is 244 g/mol. The van der Waals surface area contributed by atoms with Gasteiger partial charge in [0, 0.05) is 20.7 Å². The van der Waals surface area contributed by atoms with Crippen molar-refractivity contribution in [3.8, 4) is 0 Å². The van der Waals surface area contributed by atoms with E-state index in [0.717, 1.165) is 11.5 Å². The number of methoxy groups -OCH3 is 1. The Morgan fingerprint density at radius 2 is 2.35 bits per heavy atom. The van der Waals surface area contributed by atoms with Crippen LogP contribution >= 0.6 is 11.5 Å². The van der Waals surface area contributed by atoms with Crippen LogP contribution in [0, 0.1) is 0 Å². The third-order valence-corrected chi connectivity index (χ3v) is 3.11. The highest BCUT2D eigenvalue weighted by Gasteiger charge is 2.21. The van der Waals surface area contributed by atoms with Crippen molar-refractivity contribution in [3.63, 3.8) is 0 Å². The molecule has 7 nitrogen and oxygen atoms in total. The number of nitrogens with two attached hydrogens (primary N) is 2. The monoisotopic (exact) mass is 260 g/mol. The van der Waals surface area contributed by atoms with Crippen LogP contribution in [0.4, 0.5) is 10.8 Å². The van der Waals surface area contributed by atoms with Gasteiger partial charge < -0.3 is 26.2 Å². The van der Waals surface area contributed by atoms with Crippen LogP contribution in [0.1, 0.15) is 10.4 Å². The smallest absolute Gasteiger partial charge is 0.255 e. The Bertz CT molecular complexity index is 396. The van der Waals surface area contributed by atoms with Crippen molar-refractivity contribution in [2.24, 2.45) is 5.73 Å². The van der Waals surface area contributed by atoms with Crippen LogP contribution in [-0.2, 0) is 4.74 Å². The first-order chi connectivity index (χ1) is 7.97. The molecule has 5 N–H and O–H groups in total. The number of carbonyl (C=O) groups is 1. The second-order valence-electron chi connectivity index (χ2n) is 3.60. The van der Waals surface area contributed by atoms with Crippen LogP contribution in [0.15, 0.2) is 0 Å². The Labute approximate surface area is 103 Å². The molecule has 1 unspecified atom stereocenters. The number of likely N-dealkylation sites (N-methyl/N-ethyl adjacent to an activating group) is 1. The molecule has 0 bridgehead atoms. The van der Waals surface area contributed by atoms with Gasteiger partial charge in [0.2, 0.25) is 0 Å². The number of hydrogen-bond acceptors (Lipinski definition) is 7. The number of aliphatic hydroxyl groups is 1. The minimum absolute atomic E-state index is 0.116. The van der Waals surface area contributed by atoms with Crippen LogP contribution in [-0.4, -0.2) is 48.8 Å². The Balaban J connectivity index is 2.82. The molecule has 0 fully saturated rings. The van der Waals surface area contributed by atoms with E-state index >= 15 is 0 Å². The molecule has 0 aliphatic rings. The molecule has 1 atom stereocenters. The van der Waals surface area contributed by atoms with Gasteiger partial charge in [0.15, 0.2) is 5.82 Å². The van der Waals surface area contributed by atoms with E-state index in [2.05, 4.69) is 4.37 Å². The number of nitrogen functional groups attached to an aromatic ring is 1. The number of primary amides is 1.